The maximum Gasteiger partial charge on any atom is 0.109 e. The number of halogens is 2. The maximum absolute atomic E-state index is 10.3. The monoisotopic (exact) mass is 345 g/mol. The van der Waals surface area contributed by atoms with Crippen molar-refractivity contribution in [3.63, 3.8) is 0 Å². The fourth-order valence-corrected chi connectivity index (χ4v) is 3.72. The van der Waals surface area contributed by atoms with E-state index in [-0.39, 0.29) is 0 Å². The van der Waals surface area contributed by atoms with Gasteiger partial charge in [-0.1, -0.05) is 29.3 Å². The summed E-state index contributed by atoms with van der Waals surface area (Å²) in [5.74, 6) is 0. The quantitative estimate of drug-likeness (QED) is 0.864. The average Bonchev–Trinajstić information content (AvgIpc) is 2.51. The number of hydrogen-bond acceptors (Lipinski definition) is 4. The molecule has 0 aliphatic carbocycles. The van der Waals surface area contributed by atoms with Crippen LogP contribution in [0.4, 0.5) is 0 Å². The molecule has 1 spiro atoms. The number of benzene rings is 1. The topological polar surface area (TPSA) is 52.9 Å². The normalized spacial score (nSPS) is 28.9. The average molecular weight is 346 g/mol. The molecule has 2 aliphatic rings. The molecule has 0 aromatic heterocycles. The highest BCUT2D eigenvalue weighted by molar-refractivity contribution is 6.42. The van der Waals surface area contributed by atoms with Crippen LogP contribution in [-0.4, -0.2) is 52.6 Å². The van der Waals surface area contributed by atoms with Gasteiger partial charge in [0.05, 0.1) is 28.4 Å². The minimum absolute atomic E-state index is 0.510. The first-order valence-electron chi connectivity index (χ1n) is 7.66. The minimum Gasteiger partial charge on any atom is -0.390 e. The molecule has 2 heterocycles. The molecule has 0 amide bonds. The van der Waals surface area contributed by atoms with Crippen molar-refractivity contribution in [3.05, 3.63) is 33.8 Å². The summed E-state index contributed by atoms with van der Waals surface area (Å²) >= 11 is 12.0. The van der Waals surface area contributed by atoms with Gasteiger partial charge in [0.15, 0.2) is 0 Å². The Labute approximate surface area is 140 Å². The Hall–Kier alpha value is -0.360. The van der Waals surface area contributed by atoms with Gasteiger partial charge in [0.2, 0.25) is 0 Å². The second kappa shape index (κ2) is 6.63. The predicted octanol–water partition coefficient (Wildman–Crippen LogP) is 2.47. The first kappa shape index (κ1) is 16.5. The maximum atomic E-state index is 10.3. The zero-order chi connectivity index (χ0) is 15.7. The van der Waals surface area contributed by atoms with Crippen LogP contribution in [0.25, 0.3) is 0 Å². The molecule has 2 atom stereocenters. The van der Waals surface area contributed by atoms with Gasteiger partial charge >= 0.3 is 0 Å². The first-order chi connectivity index (χ1) is 10.5. The molecule has 3 rings (SSSR count). The van der Waals surface area contributed by atoms with Crippen LogP contribution in [0.5, 0.6) is 0 Å². The highest BCUT2D eigenvalue weighted by Crippen LogP contribution is 2.36. The molecular formula is C16H21Cl2NO3. The number of hydrogen-bond donors (Lipinski definition) is 2. The van der Waals surface area contributed by atoms with E-state index in [1.807, 2.05) is 18.2 Å². The lowest BCUT2D eigenvalue weighted by Gasteiger charge is -2.48. The molecule has 1 aromatic carbocycles. The van der Waals surface area contributed by atoms with Crippen molar-refractivity contribution >= 4 is 23.2 Å². The molecule has 0 unspecified atom stereocenters. The second-order valence-corrected chi connectivity index (χ2v) is 7.05. The van der Waals surface area contributed by atoms with E-state index in [1.165, 1.54) is 0 Å². The van der Waals surface area contributed by atoms with Crippen LogP contribution >= 0.6 is 23.2 Å². The first-order valence-corrected chi connectivity index (χ1v) is 8.42. The summed E-state index contributed by atoms with van der Waals surface area (Å²) in [7, 11) is 0. The summed E-state index contributed by atoms with van der Waals surface area (Å²) < 4.78 is 5.85. The highest BCUT2D eigenvalue weighted by atomic mass is 35.5. The van der Waals surface area contributed by atoms with Gasteiger partial charge in [0.1, 0.15) is 6.10 Å². The van der Waals surface area contributed by atoms with E-state index in [2.05, 4.69) is 4.90 Å². The molecule has 2 fully saturated rings. The molecule has 2 saturated heterocycles. The second-order valence-electron chi connectivity index (χ2n) is 6.24. The van der Waals surface area contributed by atoms with Gasteiger partial charge in [0.25, 0.3) is 0 Å². The number of aliphatic hydroxyl groups excluding tert-OH is 2. The summed E-state index contributed by atoms with van der Waals surface area (Å²) in [6.07, 6.45) is 0.512. The molecule has 4 nitrogen and oxygen atoms in total. The summed E-state index contributed by atoms with van der Waals surface area (Å²) in [5.41, 5.74) is 0.543. The lowest BCUT2D eigenvalue weighted by atomic mass is 9.80. The van der Waals surface area contributed by atoms with Crippen molar-refractivity contribution in [2.24, 2.45) is 0 Å². The van der Waals surface area contributed by atoms with Gasteiger partial charge in [-0.25, -0.2) is 0 Å². The Balaban J connectivity index is 1.60. The van der Waals surface area contributed by atoms with Crippen molar-refractivity contribution in [2.75, 3.05) is 19.7 Å². The van der Waals surface area contributed by atoms with Crippen LogP contribution < -0.4 is 0 Å². The lowest BCUT2D eigenvalue weighted by molar-refractivity contribution is -0.214. The van der Waals surface area contributed by atoms with Gasteiger partial charge in [-0.3, -0.25) is 4.90 Å². The highest BCUT2D eigenvalue weighted by Gasteiger charge is 2.47. The van der Waals surface area contributed by atoms with Crippen LogP contribution in [-0.2, 0) is 11.3 Å². The fraction of sp³-hybridized carbons (Fsp3) is 0.625. The summed E-state index contributed by atoms with van der Waals surface area (Å²) in [6.45, 7) is 2.96. The Morgan fingerprint density at radius 2 is 1.91 bits per heavy atom. The van der Waals surface area contributed by atoms with Crippen LogP contribution in [0.2, 0.25) is 10.0 Å². The minimum atomic E-state index is -0.784. The van der Waals surface area contributed by atoms with E-state index in [1.54, 1.807) is 0 Å². The molecule has 2 aliphatic heterocycles. The van der Waals surface area contributed by atoms with Crippen molar-refractivity contribution in [2.45, 2.75) is 43.6 Å². The Morgan fingerprint density at radius 3 is 2.59 bits per heavy atom. The van der Waals surface area contributed by atoms with Crippen molar-refractivity contribution in [3.8, 4) is 0 Å². The van der Waals surface area contributed by atoms with E-state index < -0.39 is 17.8 Å². The number of nitrogens with zero attached hydrogens (tertiary/aromatic N) is 1. The molecule has 22 heavy (non-hydrogen) atoms. The van der Waals surface area contributed by atoms with E-state index in [0.717, 1.165) is 38.0 Å². The molecule has 122 valence electrons. The zero-order valence-corrected chi connectivity index (χ0v) is 13.9. The van der Waals surface area contributed by atoms with Crippen LogP contribution in [0.1, 0.15) is 24.8 Å². The van der Waals surface area contributed by atoms with Crippen molar-refractivity contribution in [1.29, 1.82) is 0 Å². The standard InChI is InChI=1S/C16H21Cl2NO3/c17-12-2-1-11(9-13(12)18)10-19-6-4-16(5-7-19)15(21)14(20)3-8-22-16/h1-2,9,14-15,20-21H,3-8,10H2/t14-,15-/m0/s1. The van der Waals surface area contributed by atoms with Crippen molar-refractivity contribution < 1.29 is 14.9 Å². The summed E-state index contributed by atoms with van der Waals surface area (Å²) in [6, 6.07) is 5.69. The zero-order valence-electron chi connectivity index (χ0n) is 12.3. The number of likely N-dealkylation sites (tertiary alicyclic amines) is 1. The Kier molecular flexibility index (Phi) is 4.98. The number of aliphatic hydroxyl groups is 2. The molecular weight excluding hydrogens is 325 g/mol. The van der Waals surface area contributed by atoms with Crippen LogP contribution in [0, 0.1) is 0 Å². The molecule has 0 bridgehead atoms. The smallest absolute Gasteiger partial charge is 0.109 e. The van der Waals surface area contributed by atoms with Gasteiger partial charge in [0, 0.05) is 19.6 Å². The summed E-state index contributed by atoms with van der Waals surface area (Å²) in [4.78, 5) is 2.31. The molecule has 1 aromatic rings. The van der Waals surface area contributed by atoms with E-state index in [4.69, 9.17) is 27.9 Å². The molecule has 2 N–H and O–H groups in total. The molecule has 0 radical (unpaired) electrons. The van der Waals surface area contributed by atoms with Crippen LogP contribution in [0.3, 0.4) is 0 Å². The number of rotatable bonds is 2. The van der Waals surface area contributed by atoms with E-state index in [0.29, 0.717) is 23.1 Å². The summed E-state index contributed by atoms with van der Waals surface area (Å²) in [5, 5.41) is 21.3. The Bertz CT molecular complexity index is 532. The fourth-order valence-electron chi connectivity index (χ4n) is 3.40. The van der Waals surface area contributed by atoms with Gasteiger partial charge < -0.3 is 14.9 Å². The van der Waals surface area contributed by atoms with Crippen LogP contribution in [0.15, 0.2) is 18.2 Å². The Morgan fingerprint density at radius 1 is 1.18 bits per heavy atom. The largest absolute Gasteiger partial charge is 0.390 e. The van der Waals surface area contributed by atoms with Gasteiger partial charge in [-0.05, 0) is 37.0 Å². The SMILES string of the molecule is O[C@H]1CCOC2(CCN(Cc3ccc(Cl)c(Cl)c3)CC2)[C@H]1O. The van der Waals surface area contributed by atoms with E-state index >= 15 is 0 Å². The van der Waals surface area contributed by atoms with Gasteiger partial charge in [-0.2, -0.15) is 0 Å². The molecule has 0 saturated carbocycles. The lowest BCUT2D eigenvalue weighted by Crippen LogP contribution is -2.59. The third-order valence-electron chi connectivity index (χ3n) is 4.80. The molecule has 6 heteroatoms. The predicted molar refractivity (Wildman–Crippen MR) is 86.3 cm³/mol. The van der Waals surface area contributed by atoms with Gasteiger partial charge in [-0.15, -0.1) is 0 Å². The third kappa shape index (κ3) is 3.28. The number of piperidine rings is 1. The van der Waals surface area contributed by atoms with Crippen molar-refractivity contribution in [1.82, 2.24) is 4.90 Å². The third-order valence-corrected chi connectivity index (χ3v) is 5.54. The van der Waals surface area contributed by atoms with E-state index in [9.17, 15) is 10.2 Å². The number of ether oxygens (including phenoxy) is 1.